The maximum Gasteiger partial charge on any atom is 0.305 e. The topological polar surface area (TPSA) is 103 Å². The molecular weight excluding hydrogens is 442 g/mol. The molecule has 7 heteroatoms. The first-order valence-corrected chi connectivity index (χ1v) is 11.3. The fourth-order valence-electron chi connectivity index (χ4n) is 3.18. The highest BCUT2D eigenvalue weighted by Gasteiger charge is 2.14. The minimum atomic E-state index is -0.963. The number of benzene rings is 1. The van der Waals surface area contributed by atoms with Crippen LogP contribution in [0.2, 0.25) is 0 Å². The van der Waals surface area contributed by atoms with Gasteiger partial charge in [-0.1, -0.05) is 45.2 Å². The number of carboxylic acids is 1. The lowest BCUT2D eigenvalue weighted by Crippen LogP contribution is -2.25. The van der Waals surface area contributed by atoms with Gasteiger partial charge < -0.3 is 20.1 Å². The van der Waals surface area contributed by atoms with Crippen molar-refractivity contribution < 1.29 is 19.4 Å². The molecule has 0 bridgehead atoms. The molecule has 0 spiro atoms. The quantitative estimate of drug-likeness (QED) is 0.204. The van der Waals surface area contributed by atoms with Crippen LogP contribution in [0.15, 0.2) is 84.5 Å². The summed E-state index contributed by atoms with van der Waals surface area (Å²) in [5.74, 6) is -0.832. The second kappa shape index (κ2) is 14.3. The number of hydrogen-bond acceptors (Lipinski definition) is 5. The molecule has 1 atom stereocenters. The Morgan fingerprint density at radius 2 is 1.83 bits per heavy atom. The summed E-state index contributed by atoms with van der Waals surface area (Å²) >= 11 is 0. The summed E-state index contributed by atoms with van der Waals surface area (Å²) in [5, 5.41) is 20.6. The molecule has 0 aliphatic carbocycles. The van der Waals surface area contributed by atoms with Crippen molar-refractivity contribution in [3.63, 3.8) is 0 Å². The van der Waals surface area contributed by atoms with E-state index in [9.17, 15) is 14.9 Å². The van der Waals surface area contributed by atoms with Crippen molar-refractivity contribution >= 4 is 11.9 Å². The standard InChI is InChI=1S/C28H35N3O4/c1-8-9-26(23-12-14-24(15-13-23)28(34)30-17-16-27(32)33)35-21(5)11-10-20(4)31(7)22(6)25(18-29)19(2)3/h10-15,26H,2,4-5,8-9,16-17H2,1,3,6-7H3,(H,30,34)(H,32,33). The summed E-state index contributed by atoms with van der Waals surface area (Å²) in [6.07, 6.45) is 4.76. The van der Waals surface area contributed by atoms with Crippen molar-refractivity contribution in [2.75, 3.05) is 13.6 Å². The van der Waals surface area contributed by atoms with Crippen LogP contribution in [0.4, 0.5) is 0 Å². The number of amides is 1. The molecule has 0 aromatic heterocycles. The molecular formula is C28H35N3O4. The van der Waals surface area contributed by atoms with Crippen molar-refractivity contribution in [3.05, 3.63) is 95.6 Å². The van der Waals surface area contributed by atoms with E-state index < -0.39 is 5.97 Å². The molecule has 1 aromatic rings. The van der Waals surface area contributed by atoms with Gasteiger partial charge in [-0.15, -0.1) is 0 Å². The highest BCUT2D eigenvalue weighted by molar-refractivity contribution is 5.94. The molecule has 0 heterocycles. The lowest BCUT2D eigenvalue weighted by Gasteiger charge is -2.22. The molecule has 186 valence electrons. The Morgan fingerprint density at radius 1 is 1.20 bits per heavy atom. The molecule has 0 aliphatic heterocycles. The fraction of sp³-hybridized carbons (Fsp3) is 0.321. The molecule has 0 saturated heterocycles. The molecule has 2 N–H and O–H groups in total. The van der Waals surface area contributed by atoms with Crippen molar-refractivity contribution in [2.24, 2.45) is 0 Å². The van der Waals surface area contributed by atoms with E-state index in [4.69, 9.17) is 9.84 Å². The van der Waals surface area contributed by atoms with Crippen molar-refractivity contribution in [3.8, 4) is 6.07 Å². The first-order chi connectivity index (χ1) is 16.5. The maximum absolute atomic E-state index is 12.2. The van der Waals surface area contributed by atoms with Crippen LogP contribution in [0.25, 0.3) is 0 Å². The van der Waals surface area contributed by atoms with Gasteiger partial charge in [0.25, 0.3) is 5.91 Å². The summed E-state index contributed by atoms with van der Waals surface area (Å²) in [4.78, 5) is 24.6. The zero-order valence-corrected chi connectivity index (χ0v) is 21.1. The van der Waals surface area contributed by atoms with Crippen molar-refractivity contribution in [2.45, 2.75) is 46.1 Å². The molecule has 35 heavy (non-hydrogen) atoms. The number of rotatable bonds is 14. The Bertz CT molecular complexity index is 1060. The summed E-state index contributed by atoms with van der Waals surface area (Å²) < 4.78 is 6.08. The van der Waals surface area contributed by atoms with Gasteiger partial charge >= 0.3 is 5.97 Å². The Balaban J connectivity index is 2.86. The average Bonchev–Trinajstić information content (AvgIpc) is 2.81. The van der Waals surface area contributed by atoms with Gasteiger partial charge in [-0.3, -0.25) is 9.59 Å². The third-order valence-electron chi connectivity index (χ3n) is 5.31. The van der Waals surface area contributed by atoms with E-state index in [1.807, 2.05) is 26.1 Å². The molecule has 0 saturated carbocycles. The van der Waals surface area contributed by atoms with Crippen LogP contribution in [-0.2, 0) is 9.53 Å². The lowest BCUT2D eigenvalue weighted by molar-refractivity contribution is -0.136. The number of aliphatic carboxylic acids is 1. The van der Waals surface area contributed by atoms with Gasteiger partial charge in [0.1, 0.15) is 17.9 Å². The number of ether oxygens (including phenoxy) is 1. The van der Waals surface area contributed by atoms with Gasteiger partial charge in [0.05, 0.1) is 12.0 Å². The van der Waals surface area contributed by atoms with Crippen LogP contribution < -0.4 is 5.32 Å². The van der Waals surface area contributed by atoms with Gasteiger partial charge in [-0.25, -0.2) is 0 Å². The maximum atomic E-state index is 12.2. The van der Waals surface area contributed by atoms with Gasteiger partial charge in [-0.2, -0.15) is 5.26 Å². The van der Waals surface area contributed by atoms with E-state index in [2.05, 4.69) is 38.0 Å². The van der Waals surface area contributed by atoms with Crippen LogP contribution in [-0.4, -0.2) is 35.5 Å². The molecule has 7 nitrogen and oxygen atoms in total. The molecule has 0 aliphatic rings. The fourth-order valence-corrected chi connectivity index (χ4v) is 3.18. The van der Waals surface area contributed by atoms with Crippen LogP contribution in [0.3, 0.4) is 0 Å². The Hall–Kier alpha value is -4.05. The molecule has 0 fully saturated rings. The van der Waals surface area contributed by atoms with Gasteiger partial charge in [0.2, 0.25) is 0 Å². The summed E-state index contributed by atoms with van der Waals surface area (Å²) in [5.41, 5.74) is 3.95. The number of nitrogens with one attached hydrogen (secondary N) is 1. The van der Waals surface area contributed by atoms with Gasteiger partial charge in [-0.05, 0) is 55.7 Å². The molecule has 1 amide bonds. The van der Waals surface area contributed by atoms with E-state index in [0.717, 1.165) is 24.1 Å². The van der Waals surface area contributed by atoms with E-state index in [-0.39, 0.29) is 25.0 Å². The second-order valence-corrected chi connectivity index (χ2v) is 8.12. The first-order valence-electron chi connectivity index (χ1n) is 11.3. The van der Waals surface area contributed by atoms with Crippen LogP contribution in [0.5, 0.6) is 0 Å². The number of carbonyl (C=O) groups is 2. The number of hydrogen-bond donors (Lipinski definition) is 2. The second-order valence-electron chi connectivity index (χ2n) is 8.12. The average molecular weight is 478 g/mol. The predicted octanol–water partition coefficient (Wildman–Crippen LogP) is 5.64. The van der Waals surface area contributed by atoms with Crippen LogP contribution in [0, 0.1) is 11.3 Å². The zero-order valence-electron chi connectivity index (χ0n) is 21.1. The lowest BCUT2D eigenvalue weighted by atomic mass is 10.0. The van der Waals surface area contributed by atoms with Crippen molar-refractivity contribution in [1.82, 2.24) is 10.2 Å². The van der Waals surface area contributed by atoms with E-state index >= 15 is 0 Å². The largest absolute Gasteiger partial charge is 0.486 e. The summed E-state index contributed by atoms with van der Waals surface area (Å²) in [6, 6.07) is 9.20. The minimum absolute atomic E-state index is 0.0739. The SMILES string of the molecule is C=C(C=CC(=C)N(C)C(C)=C(C#N)C(=C)C)OC(CCC)c1ccc(C(=O)NCCC(=O)O)cc1. The highest BCUT2D eigenvalue weighted by atomic mass is 16.5. The number of carboxylic acid groups (broad SMARTS) is 1. The van der Waals surface area contributed by atoms with Crippen molar-refractivity contribution in [1.29, 1.82) is 5.26 Å². The Morgan fingerprint density at radius 3 is 2.34 bits per heavy atom. The van der Waals surface area contributed by atoms with E-state index in [1.54, 1.807) is 36.1 Å². The number of allylic oxidation sites excluding steroid dienone is 5. The minimum Gasteiger partial charge on any atom is -0.486 e. The summed E-state index contributed by atoms with van der Waals surface area (Å²) in [7, 11) is 1.82. The van der Waals surface area contributed by atoms with Crippen LogP contribution in [0.1, 0.15) is 62.1 Å². The predicted molar refractivity (Wildman–Crippen MR) is 138 cm³/mol. The number of carbonyl (C=O) groups excluding carboxylic acids is 1. The zero-order chi connectivity index (χ0) is 26.5. The molecule has 1 unspecified atom stereocenters. The number of nitriles is 1. The first kappa shape index (κ1) is 29.0. The van der Waals surface area contributed by atoms with Gasteiger partial charge in [0.15, 0.2) is 0 Å². The third kappa shape index (κ3) is 9.38. The number of nitrogens with zero attached hydrogens (tertiary/aromatic N) is 2. The molecule has 1 rings (SSSR count). The van der Waals surface area contributed by atoms with E-state index in [1.165, 1.54) is 0 Å². The smallest absolute Gasteiger partial charge is 0.305 e. The third-order valence-corrected chi connectivity index (χ3v) is 5.31. The summed E-state index contributed by atoms with van der Waals surface area (Å²) in [6.45, 7) is 17.6. The van der Waals surface area contributed by atoms with Crippen LogP contribution >= 0.6 is 0 Å². The monoisotopic (exact) mass is 477 g/mol. The number of likely N-dealkylation sites (N-methyl/N-ethyl adjacent to an activating group) is 1. The Labute approximate surface area is 208 Å². The normalized spacial score (nSPS) is 12.2. The van der Waals surface area contributed by atoms with E-state index in [0.29, 0.717) is 28.2 Å². The highest BCUT2D eigenvalue weighted by Crippen LogP contribution is 2.26. The molecule has 1 aromatic carbocycles. The van der Waals surface area contributed by atoms with Gasteiger partial charge in [0, 0.05) is 30.5 Å². The molecule has 0 radical (unpaired) electrons. The Kier molecular flexibility index (Phi) is 11.8.